The topological polar surface area (TPSA) is 49.3 Å². The van der Waals surface area contributed by atoms with E-state index < -0.39 is 5.97 Å². The summed E-state index contributed by atoms with van der Waals surface area (Å²) in [4.78, 5) is 10.8. The molecule has 1 aromatic rings. The lowest BCUT2D eigenvalue weighted by atomic mass is 9.99. The minimum atomic E-state index is -0.706. The summed E-state index contributed by atoms with van der Waals surface area (Å²) in [6.07, 6.45) is 2.24. The number of carboxylic acids is 1. The molecule has 2 N–H and O–H groups in total. The van der Waals surface area contributed by atoms with Gasteiger partial charge in [0.15, 0.2) is 0 Å². The zero-order valence-corrected chi connectivity index (χ0v) is 11.2. The molecule has 0 aliphatic carbocycles. The second-order valence-corrected chi connectivity index (χ2v) is 4.79. The minimum absolute atomic E-state index is 0.221. The third-order valence-corrected chi connectivity index (χ3v) is 3.17. The molecular weight excluding hydrogens is 226 g/mol. The van der Waals surface area contributed by atoms with Crippen LogP contribution in [0.2, 0.25) is 0 Å². The lowest BCUT2D eigenvalue weighted by Gasteiger charge is -2.19. The van der Waals surface area contributed by atoms with Gasteiger partial charge in [-0.25, -0.2) is 0 Å². The molecule has 0 unspecified atom stereocenters. The van der Waals surface area contributed by atoms with Crippen molar-refractivity contribution < 1.29 is 9.90 Å². The van der Waals surface area contributed by atoms with Crippen molar-refractivity contribution in [3.63, 3.8) is 0 Å². The Hall–Kier alpha value is -1.35. The lowest BCUT2D eigenvalue weighted by molar-refractivity contribution is -0.138. The van der Waals surface area contributed by atoms with Crippen molar-refractivity contribution in [1.82, 2.24) is 5.32 Å². The summed E-state index contributed by atoms with van der Waals surface area (Å²) in [5.41, 5.74) is 1.24. The summed E-state index contributed by atoms with van der Waals surface area (Å²) in [7, 11) is 0. The number of carbonyl (C=O) groups is 1. The lowest BCUT2D eigenvalue weighted by Crippen LogP contribution is -2.27. The number of nitrogens with one attached hydrogen (secondary N) is 1. The van der Waals surface area contributed by atoms with Crippen molar-refractivity contribution >= 4 is 5.97 Å². The van der Waals surface area contributed by atoms with Crippen LogP contribution in [-0.4, -0.2) is 17.6 Å². The van der Waals surface area contributed by atoms with Crippen LogP contribution in [0.15, 0.2) is 30.3 Å². The van der Waals surface area contributed by atoms with Crippen LogP contribution in [0.4, 0.5) is 0 Å². The zero-order chi connectivity index (χ0) is 13.4. The molecule has 0 saturated heterocycles. The molecule has 18 heavy (non-hydrogen) atoms. The van der Waals surface area contributed by atoms with E-state index >= 15 is 0 Å². The van der Waals surface area contributed by atoms with Gasteiger partial charge in [-0.2, -0.15) is 0 Å². The number of hydrogen-bond donors (Lipinski definition) is 2. The Morgan fingerprint density at radius 1 is 1.33 bits per heavy atom. The largest absolute Gasteiger partial charge is 0.481 e. The van der Waals surface area contributed by atoms with Crippen molar-refractivity contribution in [1.29, 1.82) is 0 Å². The van der Waals surface area contributed by atoms with E-state index in [0.717, 1.165) is 19.4 Å². The fraction of sp³-hybridized carbons (Fsp3) is 0.533. The highest BCUT2D eigenvalue weighted by Crippen LogP contribution is 2.15. The normalized spacial score (nSPS) is 14.1. The van der Waals surface area contributed by atoms with Crippen LogP contribution in [0.3, 0.4) is 0 Å². The van der Waals surface area contributed by atoms with Gasteiger partial charge in [0.25, 0.3) is 0 Å². The molecule has 0 bridgehead atoms. The molecule has 0 aromatic heterocycles. The average Bonchev–Trinajstić information content (AvgIpc) is 2.36. The summed E-state index contributed by atoms with van der Waals surface area (Å²) in [5.74, 6) is -0.485. The number of aliphatic carboxylic acids is 1. The van der Waals surface area contributed by atoms with Gasteiger partial charge < -0.3 is 10.4 Å². The van der Waals surface area contributed by atoms with Crippen LogP contribution in [0.1, 0.15) is 44.7 Å². The smallest absolute Gasteiger partial charge is 0.303 e. The molecule has 0 aliphatic heterocycles. The summed E-state index contributed by atoms with van der Waals surface area (Å²) < 4.78 is 0. The molecule has 0 heterocycles. The second kappa shape index (κ2) is 7.88. The van der Waals surface area contributed by atoms with Gasteiger partial charge in [0.05, 0.1) is 0 Å². The molecule has 0 fully saturated rings. The van der Waals surface area contributed by atoms with Crippen molar-refractivity contribution in [3.05, 3.63) is 35.9 Å². The van der Waals surface area contributed by atoms with Crippen molar-refractivity contribution in [3.8, 4) is 0 Å². The predicted octanol–water partition coefficient (Wildman–Crippen LogP) is 3.23. The Morgan fingerprint density at radius 3 is 2.56 bits per heavy atom. The first-order valence-electron chi connectivity index (χ1n) is 6.63. The van der Waals surface area contributed by atoms with E-state index in [4.69, 9.17) is 5.11 Å². The first-order chi connectivity index (χ1) is 8.63. The maximum Gasteiger partial charge on any atom is 0.303 e. The van der Waals surface area contributed by atoms with E-state index in [1.165, 1.54) is 5.56 Å². The number of rotatable bonds is 8. The number of benzene rings is 1. The molecule has 0 radical (unpaired) electrons. The SMILES string of the molecule is CCC[C@@H](CN[C@H](C)c1ccccc1)CC(=O)O. The highest BCUT2D eigenvalue weighted by atomic mass is 16.4. The average molecular weight is 249 g/mol. The molecule has 0 saturated carbocycles. The highest BCUT2D eigenvalue weighted by molar-refractivity contribution is 5.67. The van der Waals surface area contributed by atoms with E-state index in [1.807, 2.05) is 18.2 Å². The van der Waals surface area contributed by atoms with Crippen LogP contribution < -0.4 is 5.32 Å². The first kappa shape index (κ1) is 14.7. The predicted molar refractivity (Wildman–Crippen MR) is 73.5 cm³/mol. The quantitative estimate of drug-likeness (QED) is 0.743. The third-order valence-electron chi connectivity index (χ3n) is 3.17. The van der Waals surface area contributed by atoms with E-state index in [0.29, 0.717) is 0 Å². The van der Waals surface area contributed by atoms with E-state index in [-0.39, 0.29) is 18.4 Å². The van der Waals surface area contributed by atoms with E-state index in [1.54, 1.807) is 0 Å². The van der Waals surface area contributed by atoms with Crippen LogP contribution in [-0.2, 0) is 4.79 Å². The monoisotopic (exact) mass is 249 g/mol. The third kappa shape index (κ3) is 5.32. The van der Waals surface area contributed by atoms with Crippen LogP contribution >= 0.6 is 0 Å². The zero-order valence-electron chi connectivity index (χ0n) is 11.2. The van der Waals surface area contributed by atoms with Gasteiger partial charge in [0.1, 0.15) is 0 Å². The fourth-order valence-corrected chi connectivity index (χ4v) is 2.13. The van der Waals surface area contributed by atoms with Gasteiger partial charge >= 0.3 is 5.97 Å². The summed E-state index contributed by atoms with van der Waals surface area (Å²) >= 11 is 0. The molecule has 100 valence electrons. The highest BCUT2D eigenvalue weighted by Gasteiger charge is 2.13. The molecular formula is C15H23NO2. The van der Waals surface area contributed by atoms with Crippen LogP contribution in [0.5, 0.6) is 0 Å². The van der Waals surface area contributed by atoms with Gasteiger partial charge in [-0.3, -0.25) is 4.79 Å². The molecule has 0 spiro atoms. The molecule has 1 rings (SSSR count). The molecule has 3 heteroatoms. The Balaban J connectivity index is 2.44. The summed E-state index contributed by atoms with van der Waals surface area (Å²) in [6.45, 7) is 4.96. The standard InChI is InChI=1S/C15H23NO2/c1-3-7-13(10-15(17)18)11-16-12(2)14-8-5-4-6-9-14/h4-6,8-9,12-13,16H,3,7,10-11H2,1-2H3,(H,17,18)/t12-,13-/m1/s1. The molecule has 2 atom stereocenters. The first-order valence-corrected chi connectivity index (χ1v) is 6.63. The Labute approximate surface area is 109 Å². The Bertz CT molecular complexity index is 351. The van der Waals surface area contributed by atoms with Gasteiger partial charge in [0.2, 0.25) is 0 Å². The fourth-order valence-electron chi connectivity index (χ4n) is 2.13. The summed E-state index contributed by atoms with van der Waals surface area (Å²) in [5, 5.41) is 12.3. The summed E-state index contributed by atoms with van der Waals surface area (Å²) in [6, 6.07) is 10.5. The maximum atomic E-state index is 10.8. The second-order valence-electron chi connectivity index (χ2n) is 4.79. The van der Waals surface area contributed by atoms with Crippen molar-refractivity contribution in [2.75, 3.05) is 6.54 Å². The van der Waals surface area contributed by atoms with Crippen molar-refractivity contribution in [2.45, 2.75) is 39.2 Å². The van der Waals surface area contributed by atoms with Gasteiger partial charge in [-0.1, -0.05) is 43.7 Å². The van der Waals surface area contributed by atoms with Crippen LogP contribution in [0.25, 0.3) is 0 Å². The van der Waals surface area contributed by atoms with Crippen LogP contribution in [0, 0.1) is 5.92 Å². The van der Waals surface area contributed by atoms with E-state index in [9.17, 15) is 4.79 Å². The molecule has 1 aromatic carbocycles. The van der Waals surface area contributed by atoms with Crippen molar-refractivity contribution in [2.24, 2.45) is 5.92 Å². The Morgan fingerprint density at radius 2 is 2.00 bits per heavy atom. The Kier molecular flexibility index (Phi) is 6.44. The van der Waals surface area contributed by atoms with Gasteiger partial charge in [-0.05, 0) is 31.4 Å². The molecule has 0 aliphatic rings. The maximum absolute atomic E-state index is 10.8. The van der Waals surface area contributed by atoms with E-state index in [2.05, 4.69) is 31.3 Å². The van der Waals surface area contributed by atoms with Gasteiger partial charge in [-0.15, -0.1) is 0 Å². The molecule has 3 nitrogen and oxygen atoms in total. The minimum Gasteiger partial charge on any atom is -0.481 e. The van der Waals surface area contributed by atoms with Gasteiger partial charge in [0, 0.05) is 12.5 Å². The number of hydrogen-bond acceptors (Lipinski definition) is 2. The number of carboxylic acid groups (broad SMARTS) is 1. The molecule has 0 amide bonds.